The zero-order valence-corrected chi connectivity index (χ0v) is 23.6. The van der Waals surface area contributed by atoms with Crippen molar-refractivity contribution < 1.29 is 35.5 Å². The minimum atomic E-state index is -4.10. The molecule has 0 bridgehead atoms. The van der Waals surface area contributed by atoms with E-state index in [1.54, 1.807) is 36.4 Å². The summed E-state index contributed by atoms with van der Waals surface area (Å²) in [6.45, 7) is 2.70. The molecule has 13 heteroatoms. The molecule has 1 unspecified atom stereocenters. The summed E-state index contributed by atoms with van der Waals surface area (Å²) in [6, 6.07) is 10.5. The largest absolute Gasteiger partial charge is 0.439 e. The van der Waals surface area contributed by atoms with Crippen LogP contribution >= 0.6 is 23.2 Å². The van der Waals surface area contributed by atoms with Gasteiger partial charge in [-0.1, -0.05) is 30.1 Å². The first-order valence-electron chi connectivity index (χ1n) is 11.9. The van der Waals surface area contributed by atoms with Crippen molar-refractivity contribution in [2.45, 2.75) is 32.7 Å². The number of anilines is 1. The van der Waals surface area contributed by atoms with E-state index in [-0.39, 0.29) is 24.5 Å². The third-order valence-corrected chi connectivity index (χ3v) is 7.81. The Morgan fingerprint density at radius 2 is 1.89 bits per heavy atom. The summed E-state index contributed by atoms with van der Waals surface area (Å²) >= 11 is 10.5. The fraction of sp³-hybridized carbons (Fsp3) is 0.320. The third-order valence-electron chi connectivity index (χ3n) is 5.90. The molecule has 9 nitrogen and oxygen atoms in total. The maximum absolute atomic E-state index is 11.3. The highest BCUT2D eigenvalue weighted by Crippen LogP contribution is 2.41. The molecule has 0 radical (unpaired) electrons. The van der Waals surface area contributed by atoms with Crippen LogP contribution < -0.4 is 14.2 Å². The van der Waals surface area contributed by atoms with Gasteiger partial charge in [0.15, 0.2) is 23.4 Å². The predicted molar refractivity (Wildman–Crippen MR) is 148 cm³/mol. The number of ether oxygens (including phenoxy) is 1. The Bertz CT molecular complexity index is 1530. The second-order valence-electron chi connectivity index (χ2n) is 8.64. The van der Waals surface area contributed by atoms with Crippen molar-refractivity contribution in [3.8, 4) is 5.75 Å². The summed E-state index contributed by atoms with van der Waals surface area (Å²) in [7, 11) is -4.10. The number of hydrogen-bond acceptors (Lipinski definition) is 6. The Morgan fingerprint density at radius 1 is 1.16 bits per heavy atom. The number of fused-ring (bicyclic) bond motifs is 2. The molecule has 1 aromatic heterocycles. The molecule has 38 heavy (non-hydrogen) atoms. The van der Waals surface area contributed by atoms with E-state index >= 15 is 0 Å². The molecular formula is C25H27Cl2N2O7S2+. The second kappa shape index (κ2) is 12.2. The van der Waals surface area contributed by atoms with Crippen LogP contribution in [0.2, 0.25) is 10.0 Å². The van der Waals surface area contributed by atoms with E-state index < -0.39 is 21.2 Å². The third kappa shape index (κ3) is 7.16. The number of oxazole rings is 1. The van der Waals surface area contributed by atoms with Gasteiger partial charge in [-0.05, 0) is 48.7 Å². The molecule has 3 aromatic rings. The van der Waals surface area contributed by atoms with Gasteiger partial charge in [-0.25, -0.2) is 4.21 Å². The molecule has 204 valence electrons. The van der Waals surface area contributed by atoms with Crippen LogP contribution in [-0.2, 0) is 27.7 Å². The number of aromatic nitrogens is 1. The summed E-state index contributed by atoms with van der Waals surface area (Å²) < 4.78 is 66.1. The maximum atomic E-state index is 11.3. The number of rotatable bonds is 11. The SMILES string of the molecule is CCC(=Cc1oc2ccc(Cl)cc2[n+]1CCCS(=O)(=O)O)C=C1Oc2ccc(Cl)cc2N1CCCS(=O)O. The minimum Gasteiger partial charge on any atom is -0.439 e. The Balaban J connectivity index is 1.71. The molecule has 2 heterocycles. The van der Waals surface area contributed by atoms with E-state index in [0.29, 0.717) is 58.1 Å². The molecule has 0 fully saturated rings. The molecule has 0 amide bonds. The molecule has 0 saturated heterocycles. The van der Waals surface area contributed by atoms with E-state index in [1.165, 1.54) is 0 Å². The number of nitrogens with zero attached hydrogens (tertiary/aromatic N) is 2. The highest BCUT2D eigenvalue weighted by molar-refractivity contribution is 7.85. The first-order valence-corrected chi connectivity index (χ1v) is 15.5. The van der Waals surface area contributed by atoms with Gasteiger partial charge in [0.2, 0.25) is 11.5 Å². The van der Waals surface area contributed by atoms with E-state index in [1.807, 2.05) is 28.5 Å². The molecule has 0 saturated carbocycles. The summed E-state index contributed by atoms with van der Waals surface area (Å²) in [4.78, 5) is 1.91. The van der Waals surface area contributed by atoms with Crippen LogP contribution in [0.1, 0.15) is 32.1 Å². The summed E-state index contributed by atoms with van der Waals surface area (Å²) in [5.74, 6) is 1.38. The zero-order chi connectivity index (χ0) is 27.4. The molecule has 4 rings (SSSR count). The highest BCUT2D eigenvalue weighted by atomic mass is 35.5. The van der Waals surface area contributed by atoms with E-state index in [4.69, 9.17) is 36.9 Å². The molecule has 1 aliphatic rings. The van der Waals surface area contributed by atoms with Gasteiger partial charge in [0.05, 0.1) is 23.3 Å². The fourth-order valence-electron chi connectivity index (χ4n) is 4.14. The van der Waals surface area contributed by atoms with Crippen LogP contribution in [0.15, 0.2) is 58.3 Å². The van der Waals surface area contributed by atoms with Crippen LogP contribution in [-0.4, -0.2) is 39.8 Å². The van der Waals surface area contributed by atoms with Crippen LogP contribution in [0.4, 0.5) is 5.69 Å². The van der Waals surface area contributed by atoms with Crippen molar-refractivity contribution in [3.05, 3.63) is 69.9 Å². The topological polar surface area (TPSA) is 121 Å². The van der Waals surface area contributed by atoms with E-state index in [2.05, 4.69) is 0 Å². The lowest BCUT2D eigenvalue weighted by atomic mass is 10.1. The molecular weight excluding hydrogens is 575 g/mol. The molecule has 2 aromatic carbocycles. The lowest BCUT2D eigenvalue weighted by Gasteiger charge is -2.18. The predicted octanol–water partition coefficient (Wildman–Crippen LogP) is 5.45. The first kappa shape index (κ1) is 28.6. The molecule has 0 spiro atoms. The summed E-state index contributed by atoms with van der Waals surface area (Å²) in [5, 5.41) is 1.05. The van der Waals surface area contributed by atoms with E-state index in [9.17, 15) is 17.2 Å². The van der Waals surface area contributed by atoms with Gasteiger partial charge in [-0.3, -0.25) is 4.55 Å². The van der Waals surface area contributed by atoms with Crippen molar-refractivity contribution in [1.82, 2.24) is 0 Å². The number of allylic oxidation sites excluding steroid dienone is 2. The number of benzene rings is 2. The average molecular weight is 603 g/mol. The van der Waals surface area contributed by atoms with Gasteiger partial charge in [0.1, 0.15) is 0 Å². The van der Waals surface area contributed by atoms with Crippen molar-refractivity contribution in [1.29, 1.82) is 0 Å². The van der Waals surface area contributed by atoms with Crippen molar-refractivity contribution in [2.24, 2.45) is 0 Å². The van der Waals surface area contributed by atoms with Gasteiger partial charge in [0, 0.05) is 35.2 Å². The summed E-state index contributed by atoms with van der Waals surface area (Å²) in [5.41, 5.74) is 2.89. The van der Waals surface area contributed by atoms with Crippen LogP contribution in [0, 0.1) is 0 Å². The number of aryl methyl sites for hydroxylation is 1. The second-order valence-corrected chi connectivity index (χ2v) is 12.1. The molecule has 1 atom stereocenters. The Labute approximate surface area is 233 Å². The van der Waals surface area contributed by atoms with E-state index in [0.717, 1.165) is 11.3 Å². The van der Waals surface area contributed by atoms with Crippen LogP contribution in [0.25, 0.3) is 17.2 Å². The van der Waals surface area contributed by atoms with Gasteiger partial charge in [-0.2, -0.15) is 13.0 Å². The van der Waals surface area contributed by atoms with Crippen molar-refractivity contribution >= 4 is 67.3 Å². The Hall–Kier alpha value is -2.41. The van der Waals surface area contributed by atoms with Crippen molar-refractivity contribution in [2.75, 3.05) is 23.0 Å². The normalized spacial score (nSPS) is 15.8. The smallest absolute Gasteiger partial charge is 0.374 e. The monoisotopic (exact) mass is 601 g/mol. The zero-order valence-electron chi connectivity index (χ0n) is 20.5. The number of hydrogen-bond donors (Lipinski definition) is 2. The lowest BCUT2D eigenvalue weighted by molar-refractivity contribution is -0.677. The molecule has 1 aliphatic heterocycles. The van der Waals surface area contributed by atoms with Gasteiger partial charge >= 0.3 is 5.89 Å². The standard InChI is InChI=1S/C25H26Cl2N2O7S2/c1-2-17(13-24-28(9-3-11-37(30)31)20-15-18(26)5-7-22(20)35-24)14-25-29(10-4-12-38(32,33)34)21-16-19(27)6-8-23(21)36-25/h5-8,13-16H,2-4,9-12H2,1H3,(H-,30,31,32,33,34)/p+1. The van der Waals surface area contributed by atoms with Crippen molar-refractivity contribution in [3.63, 3.8) is 0 Å². The first-order chi connectivity index (χ1) is 18.0. The Kier molecular flexibility index (Phi) is 9.17. The van der Waals surface area contributed by atoms with Gasteiger partial charge in [-0.15, -0.1) is 0 Å². The quantitative estimate of drug-likeness (QED) is 0.169. The molecule has 0 aliphatic carbocycles. The lowest BCUT2D eigenvalue weighted by Crippen LogP contribution is -2.36. The van der Waals surface area contributed by atoms with Crippen LogP contribution in [0.5, 0.6) is 5.75 Å². The maximum Gasteiger partial charge on any atom is 0.374 e. The summed E-state index contributed by atoms with van der Waals surface area (Å²) in [6.07, 6.45) is 4.95. The number of halogens is 2. The average Bonchev–Trinajstić information content (AvgIpc) is 3.34. The van der Waals surface area contributed by atoms with Gasteiger partial charge in [0.25, 0.3) is 15.6 Å². The highest BCUT2D eigenvalue weighted by Gasteiger charge is 2.27. The van der Waals surface area contributed by atoms with Crippen LogP contribution in [0.3, 0.4) is 0 Å². The minimum absolute atomic E-state index is 0.126. The Morgan fingerprint density at radius 3 is 2.61 bits per heavy atom. The van der Waals surface area contributed by atoms with Gasteiger partial charge < -0.3 is 18.6 Å². The fourth-order valence-corrected chi connectivity index (χ4v) is 5.34. The molecule has 2 N–H and O–H groups in total.